The van der Waals surface area contributed by atoms with Crippen molar-refractivity contribution >= 4 is 11.9 Å². The molecule has 0 aliphatic rings. The van der Waals surface area contributed by atoms with Crippen molar-refractivity contribution in [2.45, 2.75) is 26.0 Å². The standard InChI is InChI=1S/C7H13NO4/c1-4(7(10)11)8-6(9)5(2)12-3/h4-5H,1-3H3,(H,8,9)(H,10,11)/t4-,5?/m1/s1. The van der Waals surface area contributed by atoms with E-state index < -0.39 is 24.0 Å². The zero-order chi connectivity index (χ0) is 9.72. The van der Waals surface area contributed by atoms with Crippen LogP contribution in [0.4, 0.5) is 0 Å². The first-order valence-electron chi connectivity index (χ1n) is 3.55. The molecule has 70 valence electrons. The Morgan fingerprint density at radius 1 is 1.42 bits per heavy atom. The second kappa shape index (κ2) is 4.71. The minimum Gasteiger partial charge on any atom is -0.480 e. The van der Waals surface area contributed by atoms with Crippen LogP contribution in [0.1, 0.15) is 13.8 Å². The van der Waals surface area contributed by atoms with Gasteiger partial charge in [0, 0.05) is 7.11 Å². The molecule has 5 nitrogen and oxygen atoms in total. The van der Waals surface area contributed by atoms with Crippen molar-refractivity contribution in [3.05, 3.63) is 0 Å². The summed E-state index contributed by atoms with van der Waals surface area (Å²) in [6, 6.07) is -0.880. The van der Waals surface area contributed by atoms with Gasteiger partial charge in [0.25, 0.3) is 0 Å². The number of hydrogen-bond acceptors (Lipinski definition) is 3. The van der Waals surface area contributed by atoms with Crippen molar-refractivity contribution in [2.24, 2.45) is 0 Å². The number of carbonyl (C=O) groups excluding carboxylic acids is 1. The van der Waals surface area contributed by atoms with Gasteiger partial charge in [-0.05, 0) is 13.8 Å². The van der Waals surface area contributed by atoms with E-state index in [1.807, 2.05) is 0 Å². The van der Waals surface area contributed by atoms with E-state index in [2.05, 4.69) is 10.1 Å². The fraction of sp³-hybridized carbons (Fsp3) is 0.714. The Labute approximate surface area is 70.7 Å². The highest BCUT2D eigenvalue weighted by molar-refractivity contribution is 5.85. The number of rotatable bonds is 4. The lowest BCUT2D eigenvalue weighted by Gasteiger charge is -2.12. The largest absolute Gasteiger partial charge is 0.480 e. The number of carboxylic acids is 1. The molecule has 1 amide bonds. The van der Waals surface area contributed by atoms with Crippen molar-refractivity contribution in [3.8, 4) is 0 Å². The highest BCUT2D eigenvalue weighted by atomic mass is 16.5. The van der Waals surface area contributed by atoms with Crippen LogP contribution in [0, 0.1) is 0 Å². The van der Waals surface area contributed by atoms with Crippen molar-refractivity contribution in [1.82, 2.24) is 5.32 Å². The number of hydrogen-bond donors (Lipinski definition) is 2. The molecule has 0 aromatic heterocycles. The summed E-state index contributed by atoms with van der Waals surface area (Å²) in [5.41, 5.74) is 0. The zero-order valence-electron chi connectivity index (χ0n) is 7.33. The third kappa shape index (κ3) is 3.34. The molecule has 0 radical (unpaired) electrons. The molecule has 0 fully saturated rings. The summed E-state index contributed by atoms with van der Waals surface area (Å²) >= 11 is 0. The summed E-state index contributed by atoms with van der Waals surface area (Å²) in [6.45, 7) is 2.94. The first-order valence-corrected chi connectivity index (χ1v) is 3.55. The number of nitrogens with one attached hydrogen (secondary N) is 1. The second-order valence-corrected chi connectivity index (χ2v) is 2.45. The Morgan fingerprint density at radius 3 is 2.25 bits per heavy atom. The first-order chi connectivity index (χ1) is 5.49. The minimum absolute atomic E-state index is 0.424. The lowest BCUT2D eigenvalue weighted by atomic mass is 10.3. The fourth-order valence-corrected chi connectivity index (χ4v) is 0.500. The van der Waals surface area contributed by atoms with Crippen LogP contribution in [0.15, 0.2) is 0 Å². The van der Waals surface area contributed by atoms with E-state index in [0.29, 0.717) is 0 Å². The summed E-state index contributed by atoms with van der Waals surface area (Å²) in [6.07, 6.45) is -0.619. The predicted molar refractivity (Wildman–Crippen MR) is 41.7 cm³/mol. The SMILES string of the molecule is COC(C)C(=O)N[C@H](C)C(=O)O. The molecule has 0 bridgehead atoms. The van der Waals surface area contributed by atoms with Gasteiger partial charge < -0.3 is 15.2 Å². The molecule has 0 saturated carbocycles. The van der Waals surface area contributed by atoms with Crippen molar-refractivity contribution in [3.63, 3.8) is 0 Å². The van der Waals surface area contributed by atoms with Gasteiger partial charge in [0.2, 0.25) is 5.91 Å². The highest BCUT2D eigenvalue weighted by Gasteiger charge is 2.17. The molecule has 0 aliphatic carbocycles. The van der Waals surface area contributed by atoms with E-state index in [0.717, 1.165) is 0 Å². The average Bonchev–Trinajstić information content (AvgIpc) is 2.02. The summed E-state index contributed by atoms with van der Waals surface area (Å²) in [4.78, 5) is 21.3. The van der Waals surface area contributed by atoms with Crippen LogP contribution in [-0.2, 0) is 14.3 Å². The maximum Gasteiger partial charge on any atom is 0.325 e. The second-order valence-electron chi connectivity index (χ2n) is 2.45. The summed E-state index contributed by atoms with van der Waals surface area (Å²) in [5, 5.41) is 10.7. The monoisotopic (exact) mass is 175 g/mol. The Bertz CT molecular complexity index is 180. The van der Waals surface area contributed by atoms with Crippen LogP contribution in [0.3, 0.4) is 0 Å². The smallest absolute Gasteiger partial charge is 0.325 e. The van der Waals surface area contributed by atoms with Gasteiger partial charge in [0.1, 0.15) is 12.1 Å². The van der Waals surface area contributed by atoms with Gasteiger partial charge in [-0.2, -0.15) is 0 Å². The third-order valence-corrected chi connectivity index (χ3v) is 1.45. The van der Waals surface area contributed by atoms with Crippen LogP contribution in [0.2, 0.25) is 0 Å². The predicted octanol–water partition coefficient (Wildman–Crippen LogP) is -0.389. The topological polar surface area (TPSA) is 75.6 Å². The molecule has 0 aromatic rings. The van der Waals surface area contributed by atoms with Gasteiger partial charge >= 0.3 is 5.97 Å². The lowest BCUT2D eigenvalue weighted by Crippen LogP contribution is -2.43. The Hall–Kier alpha value is -1.10. The number of amides is 1. The van der Waals surface area contributed by atoms with Crippen LogP contribution >= 0.6 is 0 Å². The van der Waals surface area contributed by atoms with Gasteiger partial charge in [0.05, 0.1) is 0 Å². The molecular weight excluding hydrogens is 162 g/mol. The zero-order valence-corrected chi connectivity index (χ0v) is 7.33. The van der Waals surface area contributed by atoms with Crippen LogP contribution in [-0.4, -0.2) is 36.2 Å². The van der Waals surface area contributed by atoms with Gasteiger partial charge in [0.15, 0.2) is 0 Å². The Kier molecular flexibility index (Phi) is 4.28. The molecular formula is C7H13NO4. The van der Waals surface area contributed by atoms with E-state index in [1.54, 1.807) is 6.92 Å². The third-order valence-electron chi connectivity index (χ3n) is 1.45. The fourth-order valence-electron chi connectivity index (χ4n) is 0.500. The van der Waals surface area contributed by atoms with Gasteiger partial charge in [-0.3, -0.25) is 9.59 Å². The lowest BCUT2D eigenvalue weighted by molar-refractivity contribution is -0.143. The van der Waals surface area contributed by atoms with Crippen LogP contribution in [0.5, 0.6) is 0 Å². The summed E-state index contributed by atoms with van der Waals surface area (Å²) in [7, 11) is 1.38. The molecule has 0 aromatic carbocycles. The van der Waals surface area contributed by atoms with E-state index in [9.17, 15) is 9.59 Å². The number of carbonyl (C=O) groups is 2. The van der Waals surface area contributed by atoms with E-state index in [1.165, 1.54) is 14.0 Å². The van der Waals surface area contributed by atoms with Crippen LogP contribution in [0.25, 0.3) is 0 Å². The molecule has 0 aliphatic heterocycles. The maximum atomic E-state index is 11.0. The van der Waals surface area contributed by atoms with Gasteiger partial charge in [-0.25, -0.2) is 0 Å². The molecule has 5 heteroatoms. The molecule has 12 heavy (non-hydrogen) atoms. The summed E-state index contributed by atoms with van der Waals surface area (Å²) in [5.74, 6) is -1.49. The molecule has 0 saturated heterocycles. The van der Waals surface area contributed by atoms with Crippen LogP contribution < -0.4 is 5.32 Å². The summed E-state index contributed by atoms with van der Waals surface area (Å²) < 4.78 is 4.69. The average molecular weight is 175 g/mol. The Balaban J connectivity index is 3.92. The molecule has 2 N–H and O–H groups in total. The number of carboxylic acid groups (broad SMARTS) is 1. The number of methoxy groups -OCH3 is 1. The Morgan fingerprint density at radius 2 is 1.92 bits per heavy atom. The highest BCUT2D eigenvalue weighted by Crippen LogP contribution is 1.89. The first kappa shape index (κ1) is 10.9. The molecule has 2 atom stereocenters. The van der Waals surface area contributed by atoms with Crippen molar-refractivity contribution in [2.75, 3.05) is 7.11 Å². The molecule has 0 heterocycles. The normalized spacial score (nSPS) is 14.9. The quantitative estimate of drug-likeness (QED) is 0.610. The van der Waals surface area contributed by atoms with E-state index in [4.69, 9.17) is 5.11 Å². The van der Waals surface area contributed by atoms with E-state index >= 15 is 0 Å². The van der Waals surface area contributed by atoms with E-state index in [-0.39, 0.29) is 0 Å². The number of aliphatic carboxylic acids is 1. The van der Waals surface area contributed by atoms with Crippen molar-refractivity contribution in [1.29, 1.82) is 0 Å². The maximum absolute atomic E-state index is 11.0. The van der Waals surface area contributed by atoms with Gasteiger partial charge in [-0.1, -0.05) is 0 Å². The molecule has 1 unspecified atom stereocenters. The number of ether oxygens (including phenoxy) is 1. The van der Waals surface area contributed by atoms with Gasteiger partial charge in [-0.15, -0.1) is 0 Å². The molecule has 0 rings (SSSR count). The molecule has 0 spiro atoms. The minimum atomic E-state index is -1.06. The van der Waals surface area contributed by atoms with Crippen molar-refractivity contribution < 1.29 is 19.4 Å².